The van der Waals surface area contributed by atoms with E-state index in [2.05, 4.69) is 36.6 Å². The predicted octanol–water partition coefficient (Wildman–Crippen LogP) is 4.87. The van der Waals surface area contributed by atoms with Crippen LogP contribution in [0.5, 0.6) is 0 Å². The van der Waals surface area contributed by atoms with Crippen LogP contribution in [0.3, 0.4) is 0 Å². The first kappa shape index (κ1) is 19.6. The van der Waals surface area contributed by atoms with Gasteiger partial charge in [0.15, 0.2) is 11.5 Å². The average Bonchev–Trinajstić information content (AvgIpc) is 3.24. The molecule has 0 bridgehead atoms. The van der Waals surface area contributed by atoms with E-state index in [9.17, 15) is 0 Å². The number of aryl methyl sites for hydroxylation is 2. The summed E-state index contributed by atoms with van der Waals surface area (Å²) in [6.45, 7) is 3.98. The molecule has 0 aliphatic heterocycles. The van der Waals surface area contributed by atoms with Gasteiger partial charge in [-0.3, -0.25) is 0 Å². The molecule has 31 heavy (non-hydrogen) atoms. The summed E-state index contributed by atoms with van der Waals surface area (Å²) in [5.74, 6) is 0.973. The topological polar surface area (TPSA) is 126 Å². The molecule has 150 valence electrons. The summed E-state index contributed by atoms with van der Waals surface area (Å²) in [6.07, 6.45) is 4.80. The number of rotatable bonds is 5. The van der Waals surface area contributed by atoms with Crippen LogP contribution < -0.4 is 10.6 Å². The van der Waals surface area contributed by atoms with Gasteiger partial charge in [-0.05, 0) is 73.0 Å². The Hall–Kier alpha value is -4.69. The lowest BCUT2D eigenvalue weighted by Crippen LogP contribution is -2.04. The summed E-state index contributed by atoms with van der Waals surface area (Å²) < 4.78 is 0. The molecule has 0 radical (unpaired) electrons. The second-order valence-electron chi connectivity index (χ2n) is 6.93. The molecular formula is C23H18N8. The predicted molar refractivity (Wildman–Crippen MR) is 120 cm³/mol. The maximum Gasteiger partial charge on any atom is 0.231 e. The Kier molecular flexibility index (Phi) is 5.29. The van der Waals surface area contributed by atoms with Crippen LogP contribution in [0.1, 0.15) is 22.3 Å². The van der Waals surface area contributed by atoms with E-state index in [-0.39, 0.29) is 0 Å². The lowest BCUT2D eigenvalue weighted by Gasteiger charge is -2.14. The molecule has 0 aliphatic rings. The molecular weight excluding hydrogens is 388 g/mol. The van der Waals surface area contributed by atoms with E-state index in [1.54, 1.807) is 24.5 Å². The third kappa shape index (κ3) is 4.19. The zero-order valence-electron chi connectivity index (χ0n) is 16.9. The highest BCUT2D eigenvalue weighted by molar-refractivity contribution is 5.86. The molecule has 3 N–H and O–H groups in total. The Balaban J connectivity index is 1.68. The molecule has 2 heterocycles. The number of H-pyrrole nitrogens is 1. The number of benzene rings is 2. The number of allylic oxidation sites excluding steroid dienone is 1. The van der Waals surface area contributed by atoms with Crippen molar-refractivity contribution in [1.29, 1.82) is 10.5 Å². The number of nitrogens with zero attached hydrogens (tertiary/aromatic N) is 5. The fourth-order valence-electron chi connectivity index (χ4n) is 3.28. The maximum absolute atomic E-state index is 8.98. The molecule has 8 nitrogen and oxygen atoms in total. The summed E-state index contributed by atoms with van der Waals surface area (Å²) in [5.41, 5.74) is 6.44. The Morgan fingerprint density at radius 2 is 1.74 bits per heavy atom. The van der Waals surface area contributed by atoms with Gasteiger partial charge in [0, 0.05) is 17.5 Å². The summed E-state index contributed by atoms with van der Waals surface area (Å²) >= 11 is 0. The Morgan fingerprint density at radius 3 is 2.42 bits per heavy atom. The first-order chi connectivity index (χ1) is 15.1. The zero-order chi connectivity index (χ0) is 21.8. The SMILES string of the molecule is Cc1cc(C=CC#N)cc(C)c1Nc1nc(Nc2ccc(C#N)cc2)c2[nH]cnc2n1. The number of nitrogens with one attached hydrogen (secondary N) is 3. The monoisotopic (exact) mass is 406 g/mol. The van der Waals surface area contributed by atoms with Gasteiger partial charge in [0.05, 0.1) is 24.0 Å². The molecule has 4 rings (SSSR count). The molecule has 2 aromatic carbocycles. The van der Waals surface area contributed by atoms with Gasteiger partial charge in [0.2, 0.25) is 5.95 Å². The molecule has 0 saturated heterocycles. The van der Waals surface area contributed by atoms with Crippen molar-refractivity contribution in [2.45, 2.75) is 13.8 Å². The molecule has 8 heteroatoms. The van der Waals surface area contributed by atoms with Crippen molar-refractivity contribution in [3.63, 3.8) is 0 Å². The van der Waals surface area contributed by atoms with Gasteiger partial charge in [-0.15, -0.1) is 0 Å². The average molecular weight is 406 g/mol. The number of hydrogen-bond acceptors (Lipinski definition) is 7. The van der Waals surface area contributed by atoms with Gasteiger partial charge in [-0.25, -0.2) is 4.98 Å². The van der Waals surface area contributed by atoms with Gasteiger partial charge in [0.25, 0.3) is 0 Å². The lowest BCUT2D eigenvalue weighted by molar-refractivity contribution is 1.18. The molecule has 0 unspecified atom stereocenters. The third-order valence-corrected chi connectivity index (χ3v) is 4.70. The number of hydrogen-bond donors (Lipinski definition) is 3. The van der Waals surface area contributed by atoms with Crippen LogP contribution in [-0.4, -0.2) is 19.9 Å². The van der Waals surface area contributed by atoms with Gasteiger partial charge in [-0.1, -0.05) is 0 Å². The maximum atomic E-state index is 8.98. The van der Waals surface area contributed by atoms with Crippen molar-refractivity contribution >= 4 is 40.4 Å². The molecule has 2 aromatic heterocycles. The summed E-state index contributed by atoms with van der Waals surface area (Å²) in [4.78, 5) is 16.5. The summed E-state index contributed by atoms with van der Waals surface area (Å²) in [6, 6.07) is 15.2. The van der Waals surface area contributed by atoms with Crippen LogP contribution in [0.25, 0.3) is 17.2 Å². The van der Waals surface area contributed by atoms with Gasteiger partial charge < -0.3 is 15.6 Å². The minimum atomic E-state index is 0.405. The standard InChI is InChI=1S/C23H18N8/c1-14-10-17(4-3-9-24)11-15(2)19(14)29-23-30-21-20(26-13-27-21)22(31-23)28-18-7-5-16(12-25)6-8-18/h3-8,10-11,13H,1-2H3,(H3,26,27,28,29,30,31). The Morgan fingerprint density at radius 1 is 1.00 bits per heavy atom. The number of aromatic nitrogens is 4. The van der Waals surface area contributed by atoms with Gasteiger partial charge >= 0.3 is 0 Å². The van der Waals surface area contributed by atoms with Crippen LogP contribution in [0.4, 0.5) is 23.1 Å². The highest BCUT2D eigenvalue weighted by atomic mass is 15.2. The van der Waals surface area contributed by atoms with Crippen LogP contribution in [-0.2, 0) is 0 Å². The highest BCUT2D eigenvalue weighted by Crippen LogP contribution is 2.28. The zero-order valence-corrected chi connectivity index (χ0v) is 16.9. The fourth-order valence-corrected chi connectivity index (χ4v) is 3.28. The summed E-state index contributed by atoms with van der Waals surface area (Å²) in [7, 11) is 0. The van der Waals surface area contributed by atoms with Crippen molar-refractivity contribution in [1.82, 2.24) is 19.9 Å². The molecule has 0 aliphatic carbocycles. The van der Waals surface area contributed by atoms with Crippen molar-refractivity contribution < 1.29 is 0 Å². The number of nitriles is 2. The fraction of sp³-hybridized carbons (Fsp3) is 0.0870. The van der Waals surface area contributed by atoms with E-state index in [0.29, 0.717) is 28.5 Å². The van der Waals surface area contributed by atoms with Crippen molar-refractivity contribution in [3.8, 4) is 12.1 Å². The molecule has 0 saturated carbocycles. The van der Waals surface area contributed by atoms with E-state index in [0.717, 1.165) is 28.1 Å². The van der Waals surface area contributed by atoms with Crippen LogP contribution in [0.15, 0.2) is 48.8 Å². The minimum Gasteiger partial charge on any atom is -0.340 e. The quantitative estimate of drug-likeness (QED) is 0.404. The van der Waals surface area contributed by atoms with Gasteiger partial charge in [-0.2, -0.15) is 20.5 Å². The minimum absolute atomic E-state index is 0.405. The Bertz CT molecular complexity index is 1340. The largest absolute Gasteiger partial charge is 0.340 e. The number of imidazole rings is 1. The third-order valence-electron chi connectivity index (χ3n) is 4.70. The van der Waals surface area contributed by atoms with Crippen LogP contribution in [0.2, 0.25) is 0 Å². The van der Waals surface area contributed by atoms with Crippen molar-refractivity contribution in [3.05, 3.63) is 71.1 Å². The number of anilines is 4. The molecule has 0 atom stereocenters. The van der Waals surface area contributed by atoms with E-state index in [4.69, 9.17) is 10.5 Å². The van der Waals surface area contributed by atoms with Crippen molar-refractivity contribution in [2.75, 3.05) is 10.6 Å². The van der Waals surface area contributed by atoms with E-state index in [1.165, 1.54) is 6.08 Å². The molecule has 4 aromatic rings. The van der Waals surface area contributed by atoms with Crippen LogP contribution >= 0.6 is 0 Å². The van der Waals surface area contributed by atoms with Crippen LogP contribution in [0, 0.1) is 36.5 Å². The first-order valence-electron chi connectivity index (χ1n) is 9.50. The van der Waals surface area contributed by atoms with E-state index >= 15 is 0 Å². The number of fused-ring (bicyclic) bond motifs is 1. The molecule has 0 amide bonds. The molecule has 0 fully saturated rings. The lowest BCUT2D eigenvalue weighted by atomic mass is 10.0. The van der Waals surface area contributed by atoms with E-state index < -0.39 is 0 Å². The summed E-state index contributed by atoms with van der Waals surface area (Å²) in [5, 5.41) is 24.3. The number of aromatic amines is 1. The first-order valence-corrected chi connectivity index (χ1v) is 9.50. The second-order valence-corrected chi connectivity index (χ2v) is 6.93. The smallest absolute Gasteiger partial charge is 0.231 e. The van der Waals surface area contributed by atoms with E-state index in [1.807, 2.05) is 44.2 Å². The van der Waals surface area contributed by atoms with Crippen molar-refractivity contribution in [2.24, 2.45) is 0 Å². The van der Waals surface area contributed by atoms with Gasteiger partial charge in [0.1, 0.15) is 5.52 Å². The highest BCUT2D eigenvalue weighted by Gasteiger charge is 2.13. The normalized spacial score (nSPS) is 10.7. The second kappa shape index (κ2) is 8.36. The Labute approximate surface area is 178 Å². The molecule has 0 spiro atoms.